The van der Waals surface area contributed by atoms with Gasteiger partial charge in [-0.25, -0.2) is 0 Å². The zero-order chi connectivity index (χ0) is 12.6. The van der Waals surface area contributed by atoms with Gasteiger partial charge in [-0.1, -0.05) is 17.7 Å². The predicted octanol–water partition coefficient (Wildman–Crippen LogP) is 1.45. The van der Waals surface area contributed by atoms with Crippen LogP contribution < -0.4 is 4.90 Å². The lowest BCUT2D eigenvalue weighted by molar-refractivity contribution is -0.145. The van der Waals surface area contributed by atoms with E-state index in [9.17, 15) is 9.59 Å². The molecule has 1 aromatic carbocycles. The van der Waals surface area contributed by atoms with E-state index in [0.717, 1.165) is 5.56 Å². The van der Waals surface area contributed by atoms with Crippen LogP contribution in [0, 0.1) is 6.92 Å². The summed E-state index contributed by atoms with van der Waals surface area (Å²) in [6.45, 7) is 2.88. The minimum atomic E-state index is -0.496. The lowest BCUT2D eigenvalue weighted by atomic mass is 10.1. The summed E-state index contributed by atoms with van der Waals surface area (Å²) in [5.41, 5.74) is 1.53. The fraction of sp³-hybridized carbons (Fsp3) is 0.333. The van der Waals surface area contributed by atoms with Gasteiger partial charge in [-0.05, 0) is 24.6 Å². The lowest BCUT2D eigenvalue weighted by Gasteiger charge is -2.32. The molecule has 0 spiro atoms. The summed E-state index contributed by atoms with van der Waals surface area (Å²) in [7, 11) is 1.63. The van der Waals surface area contributed by atoms with Crippen molar-refractivity contribution in [2.75, 3.05) is 25.0 Å². The van der Waals surface area contributed by atoms with E-state index >= 15 is 0 Å². The Morgan fingerprint density at radius 2 is 1.88 bits per heavy atom. The van der Waals surface area contributed by atoms with Gasteiger partial charge in [-0.2, -0.15) is 0 Å². The molecule has 0 N–H and O–H groups in total. The Hall–Kier alpha value is -1.55. The standard InChI is InChI=1S/C12H13ClN2O2/c1-8-9(13)4-3-5-10(8)15-7-6-14(2)11(16)12(15)17/h3-5H,6-7H2,1-2H3. The highest BCUT2D eigenvalue weighted by atomic mass is 35.5. The number of likely N-dealkylation sites (N-methyl/N-ethyl adjacent to an activating group) is 1. The van der Waals surface area contributed by atoms with Gasteiger partial charge in [-0.3, -0.25) is 9.59 Å². The summed E-state index contributed by atoms with van der Waals surface area (Å²) < 4.78 is 0. The summed E-state index contributed by atoms with van der Waals surface area (Å²) in [6, 6.07) is 5.35. The van der Waals surface area contributed by atoms with E-state index in [-0.39, 0.29) is 0 Å². The predicted molar refractivity (Wildman–Crippen MR) is 66.2 cm³/mol. The van der Waals surface area contributed by atoms with Gasteiger partial charge < -0.3 is 9.80 Å². The van der Waals surface area contributed by atoms with Crippen LogP contribution in [0.3, 0.4) is 0 Å². The van der Waals surface area contributed by atoms with Crippen molar-refractivity contribution in [2.24, 2.45) is 0 Å². The van der Waals surface area contributed by atoms with Gasteiger partial charge in [0.05, 0.1) is 0 Å². The summed E-state index contributed by atoms with van der Waals surface area (Å²) in [5, 5.41) is 0.599. The molecule has 0 aliphatic carbocycles. The van der Waals surface area contributed by atoms with E-state index in [2.05, 4.69) is 0 Å². The van der Waals surface area contributed by atoms with Gasteiger partial charge in [0.2, 0.25) is 0 Å². The molecule has 0 atom stereocenters. The first-order chi connectivity index (χ1) is 8.02. The molecule has 0 bridgehead atoms. The number of benzene rings is 1. The second kappa shape index (κ2) is 4.37. The number of piperazine rings is 1. The molecule has 1 fully saturated rings. The molecule has 5 heteroatoms. The number of hydrogen-bond donors (Lipinski definition) is 0. The first-order valence-electron chi connectivity index (χ1n) is 5.34. The second-order valence-corrected chi connectivity index (χ2v) is 4.47. The maximum Gasteiger partial charge on any atom is 0.316 e. The molecule has 1 aliphatic heterocycles. The fourth-order valence-electron chi connectivity index (χ4n) is 1.85. The molecule has 90 valence electrons. The monoisotopic (exact) mass is 252 g/mol. The van der Waals surface area contributed by atoms with Crippen LogP contribution in [0.4, 0.5) is 5.69 Å². The largest absolute Gasteiger partial charge is 0.336 e. The van der Waals surface area contributed by atoms with Crippen molar-refractivity contribution in [1.29, 1.82) is 0 Å². The molecule has 2 rings (SSSR count). The minimum absolute atomic E-state index is 0.476. The van der Waals surface area contributed by atoms with Crippen LogP contribution in [-0.2, 0) is 9.59 Å². The molecule has 0 saturated carbocycles. The van der Waals surface area contributed by atoms with E-state index in [4.69, 9.17) is 11.6 Å². The summed E-state index contributed by atoms with van der Waals surface area (Å²) in [6.07, 6.45) is 0. The molecule has 4 nitrogen and oxygen atoms in total. The molecule has 1 aliphatic rings. The maximum absolute atomic E-state index is 11.9. The Kier molecular flexibility index (Phi) is 3.07. The number of nitrogens with zero attached hydrogens (tertiary/aromatic N) is 2. The van der Waals surface area contributed by atoms with Gasteiger partial charge >= 0.3 is 11.8 Å². The van der Waals surface area contributed by atoms with Crippen LogP contribution >= 0.6 is 11.6 Å². The number of hydrogen-bond acceptors (Lipinski definition) is 2. The third kappa shape index (κ3) is 2.00. The molecule has 0 aromatic heterocycles. The molecule has 17 heavy (non-hydrogen) atoms. The quantitative estimate of drug-likeness (QED) is 0.710. The third-order valence-corrected chi connectivity index (χ3v) is 3.37. The van der Waals surface area contributed by atoms with Crippen LogP contribution in [0.1, 0.15) is 5.56 Å². The summed E-state index contributed by atoms with van der Waals surface area (Å²) in [4.78, 5) is 26.4. The molecule has 1 saturated heterocycles. The number of rotatable bonds is 1. The Morgan fingerprint density at radius 3 is 2.59 bits per heavy atom. The Balaban J connectivity index is 2.38. The SMILES string of the molecule is Cc1c(Cl)cccc1N1CCN(C)C(=O)C1=O. The Bertz CT molecular complexity index is 487. The van der Waals surface area contributed by atoms with E-state index in [1.165, 1.54) is 9.80 Å². The topological polar surface area (TPSA) is 40.6 Å². The molecule has 1 aromatic rings. The van der Waals surface area contributed by atoms with Crippen molar-refractivity contribution < 1.29 is 9.59 Å². The van der Waals surface area contributed by atoms with Crippen molar-refractivity contribution in [2.45, 2.75) is 6.92 Å². The molecule has 0 unspecified atom stereocenters. The summed E-state index contributed by atoms with van der Waals surface area (Å²) >= 11 is 6.01. The van der Waals surface area contributed by atoms with E-state index in [1.807, 2.05) is 6.92 Å². The molecule has 1 heterocycles. The molecular formula is C12H13ClN2O2. The zero-order valence-corrected chi connectivity index (χ0v) is 10.5. The maximum atomic E-state index is 11.9. The highest BCUT2D eigenvalue weighted by molar-refractivity contribution is 6.41. The Labute approximate surface area is 105 Å². The van der Waals surface area contributed by atoms with Crippen molar-refractivity contribution in [3.63, 3.8) is 0 Å². The first-order valence-corrected chi connectivity index (χ1v) is 5.72. The lowest BCUT2D eigenvalue weighted by Crippen LogP contribution is -2.53. The number of carbonyl (C=O) groups is 2. The number of anilines is 1. The van der Waals surface area contributed by atoms with Crippen molar-refractivity contribution in [3.05, 3.63) is 28.8 Å². The first kappa shape index (κ1) is 11.9. The van der Waals surface area contributed by atoms with Crippen LogP contribution in [-0.4, -0.2) is 36.9 Å². The molecule has 2 amide bonds. The van der Waals surface area contributed by atoms with E-state index in [1.54, 1.807) is 25.2 Å². The summed E-state index contributed by atoms with van der Waals surface area (Å²) in [5.74, 6) is -0.972. The van der Waals surface area contributed by atoms with E-state index in [0.29, 0.717) is 23.8 Å². The second-order valence-electron chi connectivity index (χ2n) is 4.07. The fourth-order valence-corrected chi connectivity index (χ4v) is 2.02. The Morgan fingerprint density at radius 1 is 1.18 bits per heavy atom. The zero-order valence-electron chi connectivity index (χ0n) is 9.74. The number of halogens is 1. The van der Waals surface area contributed by atoms with Gasteiger partial charge in [0.25, 0.3) is 0 Å². The highest BCUT2D eigenvalue weighted by Gasteiger charge is 2.31. The molecular weight excluding hydrogens is 240 g/mol. The third-order valence-electron chi connectivity index (χ3n) is 2.96. The van der Waals surface area contributed by atoms with Crippen LogP contribution in [0.25, 0.3) is 0 Å². The van der Waals surface area contributed by atoms with Gasteiger partial charge in [0.15, 0.2) is 0 Å². The van der Waals surface area contributed by atoms with Crippen molar-refractivity contribution in [1.82, 2.24) is 4.90 Å². The average Bonchev–Trinajstić information content (AvgIpc) is 2.31. The van der Waals surface area contributed by atoms with Gasteiger partial charge in [0.1, 0.15) is 0 Å². The van der Waals surface area contributed by atoms with Crippen LogP contribution in [0.5, 0.6) is 0 Å². The van der Waals surface area contributed by atoms with Crippen molar-refractivity contribution >= 4 is 29.1 Å². The number of carbonyl (C=O) groups excluding carboxylic acids is 2. The van der Waals surface area contributed by atoms with E-state index < -0.39 is 11.8 Å². The highest BCUT2D eigenvalue weighted by Crippen LogP contribution is 2.27. The smallest absolute Gasteiger partial charge is 0.316 e. The van der Waals surface area contributed by atoms with Crippen LogP contribution in [0.15, 0.2) is 18.2 Å². The average molecular weight is 253 g/mol. The van der Waals surface area contributed by atoms with Gasteiger partial charge in [0, 0.05) is 30.8 Å². The minimum Gasteiger partial charge on any atom is -0.336 e. The van der Waals surface area contributed by atoms with Gasteiger partial charge in [-0.15, -0.1) is 0 Å². The normalized spacial score (nSPS) is 16.6. The molecule has 0 radical (unpaired) electrons. The number of amides is 2. The van der Waals surface area contributed by atoms with Crippen LogP contribution in [0.2, 0.25) is 5.02 Å². The van der Waals surface area contributed by atoms with Crippen molar-refractivity contribution in [3.8, 4) is 0 Å².